The van der Waals surface area contributed by atoms with Gasteiger partial charge in [0, 0.05) is 32.0 Å². The predicted octanol–water partition coefficient (Wildman–Crippen LogP) is 1.50. The van der Waals surface area contributed by atoms with Crippen molar-refractivity contribution < 1.29 is 0 Å². The molecule has 0 amide bonds. The predicted molar refractivity (Wildman–Crippen MR) is 80.9 cm³/mol. The van der Waals surface area contributed by atoms with E-state index in [0.29, 0.717) is 5.92 Å². The zero-order valence-electron chi connectivity index (χ0n) is 12.9. The van der Waals surface area contributed by atoms with Gasteiger partial charge in [0.05, 0.1) is 6.54 Å². The summed E-state index contributed by atoms with van der Waals surface area (Å²) in [6, 6.07) is 1.98. The van der Waals surface area contributed by atoms with Gasteiger partial charge in [0.25, 0.3) is 0 Å². The molecule has 2 aromatic rings. The molecule has 0 unspecified atom stereocenters. The maximum absolute atomic E-state index is 4.49. The van der Waals surface area contributed by atoms with E-state index in [1.54, 1.807) is 0 Å². The summed E-state index contributed by atoms with van der Waals surface area (Å²) in [4.78, 5) is 6.94. The van der Waals surface area contributed by atoms with E-state index in [1.807, 2.05) is 37.0 Å². The van der Waals surface area contributed by atoms with Crippen molar-refractivity contribution >= 4 is 0 Å². The minimum absolute atomic E-state index is 0.677. The first-order chi connectivity index (χ1) is 10.2. The van der Waals surface area contributed by atoms with Gasteiger partial charge in [0.2, 0.25) is 0 Å². The summed E-state index contributed by atoms with van der Waals surface area (Å²) in [6.45, 7) is 9.39. The van der Waals surface area contributed by atoms with Crippen molar-refractivity contribution in [2.24, 2.45) is 5.92 Å². The van der Waals surface area contributed by atoms with Gasteiger partial charge in [-0.2, -0.15) is 10.2 Å². The Morgan fingerprint density at radius 3 is 2.90 bits per heavy atom. The van der Waals surface area contributed by atoms with Crippen LogP contribution in [0.25, 0.3) is 0 Å². The third-order valence-electron chi connectivity index (χ3n) is 4.20. The second kappa shape index (κ2) is 6.39. The highest BCUT2D eigenvalue weighted by Crippen LogP contribution is 2.18. The zero-order valence-corrected chi connectivity index (χ0v) is 12.9. The van der Waals surface area contributed by atoms with Crippen molar-refractivity contribution in [2.45, 2.75) is 39.8 Å². The van der Waals surface area contributed by atoms with Crippen LogP contribution in [0.2, 0.25) is 0 Å². The van der Waals surface area contributed by atoms with Gasteiger partial charge in [-0.25, -0.2) is 9.67 Å². The lowest BCUT2D eigenvalue weighted by Crippen LogP contribution is -2.39. The Bertz CT molecular complexity index is 559. The molecule has 0 bridgehead atoms. The van der Waals surface area contributed by atoms with Crippen LogP contribution < -0.4 is 0 Å². The second-order valence-corrected chi connectivity index (χ2v) is 5.97. The zero-order chi connectivity index (χ0) is 14.7. The molecule has 3 rings (SSSR count). The molecule has 3 heterocycles. The highest BCUT2D eigenvalue weighted by atomic mass is 15.3. The molecule has 114 valence electrons. The fraction of sp³-hybridized carbons (Fsp3) is 0.667. The Balaban J connectivity index is 1.52. The van der Waals surface area contributed by atoms with Crippen LogP contribution in [-0.2, 0) is 13.1 Å². The molecule has 2 aromatic heterocycles. The van der Waals surface area contributed by atoms with E-state index < -0.39 is 0 Å². The van der Waals surface area contributed by atoms with Crippen LogP contribution in [0.4, 0.5) is 0 Å². The average molecular weight is 288 g/mol. The standard InChI is InChI=1S/C15H24N6/c1-13-17-14(2)21(18-13)12-15-5-3-7-19(11-15)9-10-20-8-4-6-16-20/h4,6,8,15H,3,5,7,9-12H2,1-2H3/t15-/m0/s1. The van der Waals surface area contributed by atoms with Crippen molar-refractivity contribution in [1.29, 1.82) is 0 Å². The van der Waals surface area contributed by atoms with Gasteiger partial charge in [0.1, 0.15) is 11.6 Å². The average Bonchev–Trinajstić information content (AvgIpc) is 3.07. The SMILES string of the molecule is Cc1nc(C)n(C[C@H]2CCCN(CCn3cccn3)C2)n1. The highest BCUT2D eigenvalue weighted by Gasteiger charge is 2.21. The molecule has 6 nitrogen and oxygen atoms in total. The third-order valence-corrected chi connectivity index (χ3v) is 4.20. The summed E-state index contributed by atoms with van der Waals surface area (Å²) in [5, 5.41) is 8.76. The number of likely N-dealkylation sites (tertiary alicyclic amines) is 1. The highest BCUT2D eigenvalue weighted by molar-refractivity contribution is 4.88. The third kappa shape index (κ3) is 3.69. The first-order valence-corrected chi connectivity index (χ1v) is 7.78. The van der Waals surface area contributed by atoms with Crippen molar-refractivity contribution in [3.63, 3.8) is 0 Å². The smallest absolute Gasteiger partial charge is 0.147 e. The Labute approximate surface area is 125 Å². The lowest BCUT2D eigenvalue weighted by atomic mass is 9.98. The monoisotopic (exact) mass is 288 g/mol. The Morgan fingerprint density at radius 2 is 2.19 bits per heavy atom. The lowest BCUT2D eigenvalue weighted by molar-refractivity contribution is 0.153. The van der Waals surface area contributed by atoms with Crippen LogP contribution in [0.1, 0.15) is 24.5 Å². The van der Waals surface area contributed by atoms with Crippen molar-refractivity contribution in [2.75, 3.05) is 19.6 Å². The van der Waals surface area contributed by atoms with E-state index in [2.05, 4.69) is 24.8 Å². The first-order valence-electron chi connectivity index (χ1n) is 7.78. The molecule has 0 N–H and O–H groups in total. The van der Waals surface area contributed by atoms with Crippen LogP contribution in [0.15, 0.2) is 18.5 Å². The number of hydrogen-bond acceptors (Lipinski definition) is 4. The van der Waals surface area contributed by atoms with Gasteiger partial charge in [-0.1, -0.05) is 0 Å². The fourth-order valence-corrected chi connectivity index (χ4v) is 3.16. The van der Waals surface area contributed by atoms with Gasteiger partial charge in [-0.3, -0.25) is 4.68 Å². The number of nitrogens with zero attached hydrogens (tertiary/aromatic N) is 6. The molecule has 0 aromatic carbocycles. The van der Waals surface area contributed by atoms with Crippen LogP contribution >= 0.6 is 0 Å². The van der Waals surface area contributed by atoms with Gasteiger partial charge in [0.15, 0.2) is 0 Å². The van der Waals surface area contributed by atoms with E-state index in [0.717, 1.165) is 37.8 Å². The molecular weight excluding hydrogens is 264 g/mol. The molecule has 1 aliphatic heterocycles. The van der Waals surface area contributed by atoms with Gasteiger partial charge >= 0.3 is 0 Å². The molecule has 1 fully saturated rings. The molecule has 0 radical (unpaired) electrons. The van der Waals surface area contributed by atoms with Crippen molar-refractivity contribution in [3.05, 3.63) is 30.1 Å². The molecular formula is C15H24N6. The molecule has 6 heteroatoms. The van der Waals surface area contributed by atoms with Crippen LogP contribution in [-0.4, -0.2) is 49.1 Å². The summed E-state index contributed by atoms with van der Waals surface area (Å²) in [5.74, 6) is 2.58. The summed E-state index contributed by atoms with van der Waals surface area (Å²) >= 11 is 0. The summed E-state index contributed by atoms with van der Waals surface area (Å²) in [5.41, 5.74) is 0. The molecule has 1 saturated heterocycles. The first kappa shape index (κ1) is 14.3. The summed E-state index contributed by atoms with van der Waals surface area (Å²) in [6.07, 6.45) is 6.44. The van der Waals surface area contributed by atoms with Crippen molar-refractivity contribution in [3.8, 4) is 0 Å². The van der Waals surface area contributed by atoms with E-state index >= 15 is 0 Å². The molecule has 0 aliphatic carbocycles. The van der Waals surface area contributed by atoms with E-state index in [9.17, 15) is 0 Å². The number of hydrogen-bond donors (Lipinski definition) is 0. The minimum atomic E-state index is 0.677. The van der Waals surface area contributed by atoms with Crippen LogP contribution in [0.3, 0.4) is 0 Å². The number of aryl methyl sites for hydroxylation is 2. The number of piperidine rings is 1. The topological polar surface area (TPSA) is 51.8 Å². The van der Waals surface area contributed by atoms with Crippen LogP contribution in [0, 0.1) is 19.8 Å². The minimum Gasteiger partial charge on any atom is -0.301 e. The molecule has 1 atom stereocenters. The molecule has 21 heavy (non-hydrogen) atoms. The number of aromatic nitrogens is 5. The van der Waals surface area contributed by atoms with Gasteiger partial charge in [-0.05, 0) is 45.2 Å². The maximum atomic E-state index is 4.49. The van der Waals surface area contributed by atoms with Crippen molar-refractivity contribution in [1.82, 2.24) is 29.4 Å². The van der Waals surface area contributed by atoms with E-state index in [4.69, 9.17) is 0 Å². The summed E-state index contributed by atoms with van der Waals surface area (Å²) < 4.78 is 4.07. The Morgan fingerprint density at radius 1 is 1.29 bits per heavy atom. The van der Waals surface area contributed by atoms with Gasteiger partial charge in [-0.15, -0.1) is 0 Å². The lowest BCUT2D eigenvalue weighted by Gasteiger charge is -2.32. The molecule has 0 saturated carbocycles. The summed E-state index contributed by atoms with van der Waals surface area (Å²) in [7, 11) is 0. The van der Waals surface area contributed by atoms with Crippen LogP contribution in [0.5, 0.6) is 0 Å². The Hall–Kier alpha value is -1.69. The second-order valence-electron chi connectivity index (χ2n) is 5.97. The largest absolute Gasteiger partial charge is 0.301 e. The number of rotatable bonds is 5. The van der Waals surface area contributed by atoms with Gasteiger partial charge < -0.3 is 4.90 Å². The fourth-order valence-electron chi connectivity index (χ4n) is 3.16. The normalized spacial score (nSPS) is 20.0. The molecule has 1 aliphatic rings. The Kier molecular flexibility index (Phi) is 4.34. The van der Waals surface area contributed by atoms with E-state index in [1.165, 1.54) is 19.4 Å². The maximum Gasteiger partial charge on any atom is 0.147 e. The quantitative estimate of drug-likeness (QED) is 0.837. The molecule has 0 spiro atoms. The van der Waals surface area contributed by atoms with E-state index in [-0.39, 0.29) is 0 Å².